The fourth-order valence-corrected chi connectivity index (χ4v) is 1.97. The van der Waals surface area contributed by atoms with E-state index >= 15 is 0 Å². The molecule has 2 heterocycles. The lowest BCUT2D eigenvalue weighted by Crippen LogP contribution is -2.55. The van der Waals surface area contributed by atoms with Gasteiger partial charge < -0.3 is 25.4 Å². The molecule has 8 nitrogen and oxygen atoms in total. The Balaban J connectivity index is 2.39. The van der Waals surface area contributed by atoms with Crippen LogP contribution in [0.5, 0.6) is 0 Å². The van der Waals surface area contributed by atoms with Gasteiger partial charge in [-0.15, -0.1) is 0 Å². The van der Waals surface area contributed by atoms with E-state index in [9.17, 15) is 14.9 Å². The van der Waals surface area contributed by atoms with Gasteiger partial charge in [0.2, 0.25) is 0 Å². The van der Waals surface area contributed by atoms with Crippen molar-refractivity contribution >= 4 is 17.5 Å². The van der Waals surface area contributed by atoms with Crippen LogP contribution in [0.25, 0.3) is 0 Å². The van der Waals surface area contributed by atoms with Gasteiger partial charge in [0.25, 0.3) is 0 Å². The minimum absolute atomic E-state index is 0.247. The molecule has 96 valence electrons. The summed E-state index contributed by atoms with van der Waals surface area (Å²) in [6.45, 7) is 1.22. The van der Waals surface area contributed by atoms with E-state index in [4.69, 9.17) is 5.11 Å². The third-order valence-electron chi connectivity index (χ3n) is 2.78. The van der Waals surface area contributed by atoms with Crippen LogP contribution in [-0.2, 0) is 4.79 Å². The number of hydrogen-bond donors (Lipinski definition) is 2. The molecule has 1 aliphatic heterocycles. The summed E-state index contributed by atoms with van der Waals surface area (Å²) in [5.41, 5.74) is 0.247. The van der Waals surface area contributed by atoms with Gasteiger partial charge in [-0.1, -0.05) is 0 Å². The summed E-state index contributed by atoms with van der Waals surface area (Å²) in [7, 11) is 0. The summed E-state index contributed by atoms with van der Waals surface area (Å²) in [4.78, 5) is 26.6. The lowest BCUT2D eigenvalue weighted by atomic mass is 10.1. The van der Waals surface area contributed by atoms with Crippen LogP contribution >= 0.6 is 0 Å². The Kier molecular flexibility index (Phi) is 3.38. The number of carboxylic acids is 1. The van der Waals surface area contributed by atoms with E-state index in [0.717, 1.165) is 0 Å². The highest BCUT2D eigenvalue weighted by Crippen LogP contribution is 2.27. The van der Waals surface area contributed by atoms with Crippen molar-refractivity contribution in [3.63, 3.8) is 0 Å². The van der Waals surface area contributed by atoms with Crippen LogP contribution in [0.2, 0.25) is 0 Å². The molecule has 8 heteroatoms. The van der Waals surface area contributed by atoms with Gasteiger partial charge >= 0.3 is 11.8 Å². The highest BCUT2D eigenvalue weighted by atomic mass is 16.6. The molecule has 0 saturated carbocycles. The number of nitrogens with zero attached hydrogens (tertiary/aromatic N) is 3. The number of aromatic nitrogens is 1. The largest absolute Gasteiger partial charge is 0.480 e. The summed E-state index contributed by atoms with van der Waals surface area (Å²) < 4.78 is 0. The zero-order valence-corrected chi connectivity index (χ0v) is 9.44. The maximum atomic E-state index is 11.1. The molecule has 1 unspecified atom stereocenters. The second-order valence-corrected chi connectivity index (χ2v) is 3.85. The monoisotopic (exact) mass is 252 g/mol. The van der Waals surface area contributed by atoms with Gasteiger partial charge in [0.05, 0.1) is 0 Å². The second kappa shape index (κ2) is 4.96. The molecule has 2 rings (SSSR count). The molecule has 0 radical (unpaired) electrons. The number of anilines is 1. The molecular formula is C10H12N4O4. The van der Waals surface area contributed by atoms with Gasteiger partial charge in [-0.3, -0.25) is 0 Å². The lowest BCUT2D eigenvalue weighted by molar-refractivity contribution is -0.388. The number of hydrogen-bond acceptors (Lipinski definition) is 6. The molecule has 0 aliphatic carbocycles. The van der Waals surface area contributed by atoms with E-state index in [1.807, 2.05) is 0 Å². The maximum Gasteiger partial charge on any atom is 0.387 e. The van der Waals surface area contributed by atoms with Crippen LogP contribution in [-0.4, -0.2) is 46.7 Å². The van der Waals surface area contributed by atoms with E-state index in [1.165, 1.54) is 17.2 Å². The Labute approximate surface area is 102 Å². The molecule has 1 aliphatic rings. The molecule has 0 spiro atoms. The SMILES string of the molecule is O=C(O)C1CNCCN1c1cccnc1[N+](=O)[O-]. The second-order valence-electron chi connectivity index (χ2n) is 3.85. The molecule has 1 aromatic heterocycles. The summed E-state index contributed by atoms with van der Waals surface area (Å²) in [6, 6.07) is 2.26. The van der Waals surface area contributed by atoms with Gasteiger partial charge in [-0.25, -0.2) is 4.79 Å². The van der Waals surface area contributed by atoms with Gasteiger partial charge in [0.15, 0.2) is 0 Å². The Morgan fingerprint density at radius 2 is 2.44 bits per heavy atom. The molecule has 1 saturated heterocycles. The van der Waals surface area contributed by atoms with E-state index in [-0.39, 0.29) is 18.1 Å². The number of carbonyl (C=O) groups is 1. The van der Waals surface area contributed by atoms with E-state index < -0.39 is 16.9 Å². The predicted octanol–water partition coefficient (Wildman–Crippen LogP) is -0.147. The average Bonchev–Trinajstić information content (AvgIpc) is 2.38. The third-order valence-corrected chi connectivity index (χ3v) is 2.78. The van der Waals surface area contributed by atoms with Crippen molar-refractivity contribution < 1.29 is 14.8 Å². The molecule has 0 amide bonds. The molecule has 1 fully saturated rings. The van der Waals surface area contributed by atoms with Gasteiger partial charge in [-0.05, 0) is 22.0 Å². The number of piperazine rings is 1. The van der Waals surface area contributed by atoms with Crippen LogP contribution < -0.4 is 10.2 Å². The van der Waals surface area contributed by atoms with Crippen molar-refractivity contribution in [2.24, 2.45) is 0 Å². The van der Waals surface area contributed by atoms with Crippen molar-refractivity contribution in [1.29, 1.82) is 0 Å². The van der Waals surface area contributed by atoms with Crippen molar-refractivity contribution in [2.45, 2.75) is 6.04 Å². The molecule has 0 aromatic carbocycles. The average molecular weight is 252 g/mol. The molecule has 2 N–H and O–H groups in total. The van der Waals surface area contributed by atoms with Gasteiger partial charge in [-0.2, -0.15) is 0 Å². The first-order valence-electron chi connectivity index (χ1n) is 5.41. The molecular weight excluding hydrogens is 240 g/mol. The Hall–Kier alpha value is -2.22. The number of rotatable bonds is 3. The normalized spacial score (nSPS) is 19.6. The van der Waals surface area contributed by atoms with Crippen molar-refractivity contribution in [3.05, 3.63) is 28.4 Å². The maximum absolute atomic E-state index is 11.1. The van der Waals surface area contributed by atoms with E-state index in [1.54, 1.807) is 6.07 Å². The smallest absolute Gasteiger partial charge is 0.387 e. The first-order valence-corrected chi connectivity index (χ1v) is 5.41. The van der Waals surface area contributed by atoms with Crippen molar-refractivity contribution in [3.8, 4) is 0 Å². The number of aliphatic carboxylic acids is 1. The number of nitro groups is 1. The van der Waals surface area contributed by atoms with Gasteiger partial charge in [0.1, 0.15) is 17.9 Å². The summed E-state index contributed by atoms with van der Waals surface area (Å²) >= 11 is 0. The molecule has 1 atom stereocenters. The Bertz CT molecular complexity index is 479. The standard InChI is InChI=1S/C10H12N4O4/c15-10(16)8-6-11-4-5-13(8)7-2-1-3-12-9(7)14(17)18/h1-3,8,11H,4-6H2,(H,15,16). The highest BCUT2D eigenvalue weighted by Gasteiger charge is 2.32. The molecule has 0 bridgehead atoms. The highest BCUT2D eigenvalue weighted by molar-refractivity contribution is 5.80. The summed E-state index contributed by atoms with van der Waals surface area (Å²) in [5, 5.41) is 23.0. The van der Waals surface area contributed by atoms with Crippen LogP contribution in [0.3, 0.4) is 0 Å². The van der Waals surface area contributed by atoms with Crippen molar-refractivity contribution in [1.82, 2.24) is 10.3 Å². The summed E-state index contributed by atoms with van der Waals surface area (Å²) in [6.07, 6.45) is 1.32. The number of nitrogens with one attached hydrogen (secondary N) is 1. The topological polar surface area (TPSA) is 109 Å². The van der Waals surface area contributed by atoms with Crippen LogP contribution in [0.4, 0.5) is 11.5 Å². The van der Waals surface area contributed by atoms with Crippen LogP contribution in [0.15, 0.2) is 18.3 Å². The molecule has 1 aromatic rings. The quantitative estimate of drug-likeness (QED) is 0.568. The fraction of sp³-hybridized carbons (Fsp3) is 0.400. The first kappa shape index (κ1) is 12.2. The Morgan fingerprint density at radius 3 is 3.11 bits per heavy atom. The van der Waals surface area contributed by atoms with E-state index in [2.05, 4.69) is 10.3 Å². The fourth-order valence-electron chi connectivity index (χ4n) is 1.97. The number of pyridine rings is 1. The Morgan fingerprint density at radius 1 is 1.67 bits per heavy atom. The zero-order chi connectivity index (χ0) is 13.1. The van der Waals surface area contributed by atoms with Gasteiger partial charge in [0, 0.05) is 19.6 Å². The lowest BCUT2D eigenvalue weighted by Gasteiger charge is -2.34. The summed E-state index contributed by atoms with van der Waals surface area (Å²) in [5.74, 6) is -1.33. The minimum atomic E-state index is -1.01. The predicted molar refractivity (Wildman–Crippen MR) is 62.5 cm³/mol. The molecule has 18 heavy (non-hydrogen) atoms. The van der Waals surface area contributed by atoms with E-state index in [0.29, 0.717) is 13.1 Å². The third kappa shape index (κ3) is 2.23. The van der Waals surface area contributed by atoms with Crippen LogP contribution in [0.1, 0.15) is 0 Å². The zero-order valence-electron chi connectivity index (χ0n) is 9.44. The van der Waals surface area contributed by atoms with Crippen molar-refractivity contribution in [2.75, 3.05) is 24.5 Å². The number of carboxylic acid groups (broad SMARTS) is 1. The first-order chi connectivity index (χ1) is 8.61. The minimum Gasteiger partial charge on any atom is -0.480 e. The van der Waals surface area contributed by atoms with Crippen LogP contribution in [0, 0.1) is 10.1 Å².